The molecule has 1 N–H and O–H groups in total. The van der Waals surface area contributed by atoms with Gasteiger partial charge < -0.3 is 5.32 Å². The van der Waals surface area contributed by atoms with Crippen molar-refractivity contribution in [3.05, 3.63) is 93.4 Å². The van der Waals surface area contributed by atoms with Crippen LogP contribution in [0.3, 0.4) is 0 Å². The van der Waals surface area contributed by atoms with Crippen molar-refractivity contribution >= 4 is 46.4 Å². The molecule has 9 heteroatoms. The number of benzene rings is 3. The Morgan fingerprint density at radius 3 is 2.40 bits per heavy atom. The van der Waals surface area contributed by atoms with Crippen molar-refractivity contribution in [3.63, 3.8) is 0 Å². The summed E-state index contributed by atoms with van der Waals surface area (Å²) in [6, 6.07) is 17.4. The van der Waals surface area contributed by atoms with Gasteiger partial charge in [0.25, 0.3) is 5.91 Å². The van der Waals surface area contributed by atoms with Crippen LogP contribution in [-0.4, -0.2) is 20.7 Å². The van der Waals surface area contributed by atoms with E-state index in [2.05, 4.69) is 15.4 Å². The Morgan fingerprint density at radius 2 is 1.70 bits per heavy atom. The highest BCUT2D eigenvalue weighted by molar-refractivity contribution is 6.42. The number of hydrogen-bond acceptors (Lipinski definition) is 3. The zero-order valence-corrected chi connectivity index (χ0v) is 17.4. The Balaban J connectivity index is 1.75. The Hall–Kier alpha value is -2.93. The van der Waals surface area contributed by atoms with Crippen LogP contribution in [-0.2, 0) is 0 Å². The second-order valence-corrected chi connectivity index (χ2v) is 7.49. The van der Waals surface area contributed by atoms with E-state index in [0.717, 1.165) is 0 Å². The highest BCUT2D eigenvalue weighted by Gasteiger charge is 2.19. The lowest BCUT2D eigenvalue weighted by Gasteiger charge is -2.06. The third kappa shape index (κ3) is 4.31. The molecule has 0 bridgehead atoms. The van der Waals surface area contributed by atoms with Crippen LogP contribution in [0.25, 0.3) is 17.1 Å². The lowest BCUT2D eigenvalue weighted by molar-refractivity contribution is 0.101. The molecule has 0 saturated carbocycles. The second kappa shape index (κ2) is 8.44. The van der Waals surface area contributed by atoms with E-state index < -0.39 is 5.91 Å². The number of carbonyl (C=O) groups is 1. The molecule has 1 aromatic heterocycles. The lowest BCUT2D eigenvalue weighted by atomic mass is 10.2. The fourth-order valence-corrected chi connectivity index (χ4v) is 3.23. The van der Waals surface area contributed by atoms with E-state index in [1.165, 1.54) is 22.9 Å². The molecule has 0 fully saturated rings. The summed E-state index contributed by atoms with van der Waals surface area (Å²) in [6.07, 6.45) is 0. The highest BCUT2D eigenvalue weighted by atomic mass is 35.5. The number of aromatic nitrogens is 3. The molecule has 1 heterocycles. The second-order valence-electron chi connectivity index (χ2n) is 6.24. The van der Waals surface area contributed by atoms with Gasteiger partial charge in [0.2, 0.25) is 5.82 Å². The Bertz CT molecular complexity index is 1240. The standard InChI is InChI=1S/C21H12Cl3FN4O/c22-13-3-1-2-12(10-13)20-27-19(28-29(20)16-7-4-14(25)5-8-16)21(30)26-15-6-9-17(23)18(24)11-15/h1-11H,(H,26,30). The molecule has 5 nitrogen and oxygen atoms in total. The average molecular weight is 462 g/mol. The number of carbonyl (C=O) groups excluding carboxylic acids is 1. The van der Waals surface area contributed by atoms with Gasteiger partial charge in [-0.15, -0.1) is 5.10 Å². The number of hydrogen-bond donors (Lipinski definition) is 1. The first-order chi connectivity index (χ1) is 14.4. The van der Waals surface area contributed by atoms with E-state index in [1.807, 2.05) is 0 Å². The minimum absolute atomic E-state index is 0.0830. The van der Waals surface area contributed by atoms with Crippen LogP contribution in [0.15, 0.2) is 66.7 Å². The van der Waals surface area contributed by atoms with E-state index in [-0.39, 0.29) is 11.6 Å². The summed E-state index contributed by atoms with van der Waals surface area (Å²) < 4.78 is 14.8. The molecule has 0 aliphatic rings. The van der Waals surface area contributed by atoms with Gasteiger partial charge in [0.15, 0.2) is 5.82 Å². The first-order valence-electron chi connectivity index (χ1n) is 8.66. The smallest absolute Gasteiger partial charge is 0.295 e. The van der Waals surface area contributed by atoms with Crippen molar-refractivity contribution in [3.8, 4) is 17.1 Å². The SMILES string of the molecule is O=C(Nc1ccc(Cl)c(Cl)c1)c1nc(-c2cccc(Cl)c2)n(-c2ccc(F)cc2)n1. The highest BCUT2D eigenvalue weighted by Crippen LogP contribution is 2.26. The molecular weight excluding hydrogens is 450 g/mol. The van der Waals surface area contributed by atoms with E-state index in [0.29, 0.717) is 37.8 Å². The van der Waals surface area contributed by atoms with E-state index in [9.17, 15) is 9.18 Å². The largest absolute Gasteiger partial charge is 0.319 e. The fourth-order valence-electron chi connectivity index (χ4n) is 2.75. The topological polar surface area (TPSA) is 59.8 Å². The normalized spacial score (nSPS) is 10.8. The summed E-state index contributed by atoms with van der Waals surface area (Å²) in [4.78, 5) is 17.1. The summed E-state index contributed by atoms with van der Waals surface area (Å²) in [5, 5.41) is 8.18. The molecular formula is C21H12Cl3FN4O. The third-order valence-electron chi connectivity index (χ3n) is 4.14. The molecule has 1 amide bonds. The van der Waals surface area contributed by atoms with Crippen LogP contribution in [0.4, 0.5) is 10.1 Å². The molecule has 0 radical (unpaired) electrons. The quantitative estimate of drug-likeness (QED) is 0.389. The van der Waals surface area contributed by atoms with Crippen LogP contribution in [0.5, 0.6) is 0 Å². The Morgan fingerprint density at radius 1 is 0.933 bits per heavy atom. The van der Waals surface area contributed by atoms with Gasteiger partial charge in [-0.25, -0.2) is 14.1 Å². The number of nitrogens with zero attached hydrogens (tertiary/aromatic N) is 3. The van der Waals surface area contributed by atoms with Crippen LogP contribution >= 0.6 is 34.8 Å². The molecule has 0 aliphatic heterocycles. The summed E-state index contributed by atoms with van der Waals surface area (Å²) in [5.74, 6) is -0.637. The van der Waals surface area contributed by atoms with Crippen LogP contribution in [0.1, 0.15) is 10.6 Å². The Kier molecular flexibility index (Phi) is 5.72. The minimum Gasteiger partial charge on any atom is -0.319 e. The van der Waals surface area contributed by atoms with Crippen molar-refractivity contribution in [2.45, 2.75) is 0 Å². The van der Waals surface area contributed by atoms with Gasteiger partial charge in [0, 0.05) is 16.3 Å². The van der Waals surface area contributed by atoms with E-state index >= 15 is 0 Å². The number of rotatable bonds is 4. The van der Waals surface area contributed by atoms with E-state index in [4.69, 9.17) is 34.8 Å². The summed E-state index contributed by atoms with van der Waals surface area (Å²) in [5.41, 5.74) is 1.62. The molecule has 0 spiro atoms. The van der Waals surface area contributed by atoms with Crippen molar-refractivity contribution in [1.82, 2.24) is 14.8 Å². The molecule has 4 rings (SSSR count). The zero-order valence-electron chi connectivity index (χ0n) is 15.1. The van der Waals surface area contributed by atoms with E-state index in [1.54, 1.807) is 48.5 Å². The van der Waals surface area contributed by atoms with Gasteiger partial charge in [-0.2, -0.15) is 0 Å². The number of amides is 1. The lowest BCUT2D eigenvalue weighted by Crippen LogP contribution is -2.14. The molecule has 0 saturated heterocycles. The molecule has 4 aromatic rings. The summed E-state index contributed by atoms with van der Waals surface area (Å²) in [7, 11) is 0. The molecule has 0 unspecified atom stereocenters. The van der Waals surface area contributed by atoms with Crippen LogP contribution in [0, 0.1) is 5.82 Å². The van der Waals surface area contributed by atoms with Gasteiger partial charge in [-0.1, -0.05) is 46.9 Å². The van der Waals surface area contributed by atoms with Gasteiger partial charge in [0.1, 0.15) is 5.82 Å². The summed E-state index contributed by atoms with van der Waals surface area (Å²) in [6.45, 7) is 0. The molecule has 3 aromatic carbocycles. The molecule has 0 aliphatic carbocycles. The minimum atomic E-state index is -0.544. The van der Waals surface area contributed by atoms with Gasteiger partial charge in [-0.05, 0) is 54.6 Å². The van der Waals surface area contributed by atoms with Gasteiger partial charge in [0.05, 0.1) is 15.7 Å². The van der Waals surface area contributed by atoms with Crippen molar-refractivity contribution in [1.29, 1.82) is 0 Å². The monoisotopic (exact) mass is 460 g/mol. The number of nitrogens with one attached hydrogen (secondary N) is 1. The van der Waals surface area contributed by atoms with Crippen molar-refractivity contribution < 1.29 is 9.18 Å². The van der Waals surface area contributed by atoms with Crippen LogP contribution in [0.2, 0.25) is 15.1 Å². The number of halogens is 4. The first-order valence-corrected chi connectivity index (χ1v) is 9.79. The Labute approximate surface area is 186 Å². The fraction of sp³-hybridized carbons (Fsp3) is 0. The van der Waals surface area contributed by atoms with Crippen molar-refractivity contribution in [2.24, 2.45) is 0 Å². The predicted molar refractivity (Wildman–Crippen MR) is 116 cm³/mol. The van der Waals surface area contributed by atoms with Gasteiger partial charge >= 0.3 is 0 Å². The maximum Gasteiger partial charge on any atom is 0.295 e. The molecule has 30 heavy (non-hydrogen) atoms. The zero-order chi connectivity index (χ0) is 21.3. The average Bonchev–Trinajstić information content (AvgIpc) is 3.17. The molecule has 0 atom stereocenters. The first kappa shape index (κ1) is 20.3. The van der Waals surface area contributed by atoms with Crippen molar-refractivity contribution in [2.75, 3.05) is 5.32 Å². The number of anilines is 1. The predicted octanol–water partition coefficient (Wildman–Crippen LogP) is 6.29. The molecule has 150 valence electrons. The third-order valence-corrected chi connectivity index (χ3v) is 5.12. The van der Waals surface area contributed by atoms with Crippen LogP contribution < -0.4 is 5.32 Å². The van der Waals surface area contributed by atoms with Gasteiger partial charge in [-0.3, -0.25) is 4.79 Å². The maximum atomic E-state index is 13.4. The summed E-state index contributed by atoms with van der Waals surface area (Å²) >= 11 is 18.0. The maximum absolute atomic E-state index is 13.4.